The van der Waals surface area contributed by atoms with Crippen LogP contribution in [0.5, 0.6) is 0 Å². The maximum absolute atomic E-state index is 12.8. The van der Waals surface area contributed by atoms with Crippen LogP contribution in [0, 0.1) is 6.92 Å². The van der Waals surface area contributed by atoms with E-state index in [0.717, 1.165) is 29.0 Å². The van der Waals surface area contributed by atoms with Gasteiger partial charge in [-0.05, 0) is 36.2 Å². The zero-order valence-electron chi connectivity index (χ0n) is 14.7. The molecule has 146 valence electrons. The van der Waals surface area contributed by atoms with Crippen molar-refractivity contribution < 1.29 is 23.1 Å². The van der Waals surface area contributed by atoms with Crippen molar-refractivity contribution >= 4 is 17.6 Å². The Hall–Kier alpha value is -3.43. The molecular formula is C18H16F3N5O2. The number of nitrogens with zero attached hydrogens (tertiary/aromatic N) is 4. The number of hydrogen-bond acceptors (Lipinski definition) is 5. The third kappa shape index (κ3) is 4.84. The van der Waals surface area contributed by atoms with E-state index in [1.807, 2.05) is 13.0 Å². The van der Waals surface area contributed by atoms with Gasteiger partial charge < -0.3 is 10.4 Å². The Bertz CT molecular complexity index is 1000. The van der Waals surface area contributed by atoms with Crippen LogP contribution in [0.1, 0.15) is 17.7 Å². The van der Waals surface area contributed by atoms with Crippen LogP contribution in [0.4, 0.5) is 24.8 Å². The lowest BCUT2D eigenvalue weighted by molar-refractivity contribution is -0.141. The van der Waals surface area contributed by atoms with Gasteiger partial charge >= 0.3 is 12.1 Å². The van der Waals surface area contributed by atoms with E-state index < -0.39 is 17.8 Å². The van der Waals surface area contributed by atoms with Crippen LogP contribution in [-0.2, 0) is 17.5 Å². The van der Waals surface area contributed by atoms with Crippen molar-refractivity contribution in [1.29, 1.82) is 0 Å². The number of halogens is 3. The number of carbonyl (C=O) groups is 1. The van der Waals surface area contributed by atoms with Gasteiger partial charge in [0.05, 0.1) is 19.2 Å². The molecule has 0 aliphatic heterocycles. The van der Waals surface area contributed by atoms with E-state index in [9.17, 15) is 18.0 Å². The number of aromatic nitrogens is 4. The van der Waals surface area contributed by atoms with Crippen molar-refractivity contribution in [3.8, 4) is 11.1 Å². The number of carboxylic acid groups (broad SMARTS) is 1. The Morgan fingerprint density at radius 1 is 1.25 bits per heavy atom. The minimum Gasteiger partial charge on any atom is -0.481 e. The van der Waals surface area contributed by atoms with Gasteiger partial charge in [0, 0.05) is 23.6 Å². The number of aryl methyl sites for hydroxylation is 2. The average Bonchev–Trinajstić information content (AvgIpc) is 3.08. The summed E-state index contributed by atoms with van der Waals surface area (Å²) in [7, 11) is 0. The van der Waals surface area contributed by atoms with Crippen LogP contribution in [0.3, 0.4) is 0 Å². The van der Waals surface area contributed by atoms with Gasteiger partial charge in [-0.15, -0.1) is 0 Å². The van der Waals surface area contributed by atoms with E-state index in [-0.39, 0.29) is 18.9 Å². The lowest BCUT2D eigenvalue weighted by Gasteiger charge is -2.10. The highest BCUT2D eigenvalue weighted by molar-refractivity contribution is 5.70. The summed E-state index contributed by atoms with van der Waals surface area (Å²) in [5.74, 6) is -1.08. The summed E-state index contributed by atoms with van der Waals surface area (Å²) >= 11 is 0. The highest BCUT2D eigenvalue weighted by Gasteiger charge is 2.32. The van der Waals surface area contributed by atoms with Gasteiger partial charge in [0.15, 0.2) is 0 Å². The number of benzene rings is 1. The largest absolute Gasteiger partial charge is 0.481 e. The SMILES string of the molecule is Cc1cc(Nc2nccc(C(F)(F)F)n2)cc(-c2cnn(CCC(=O)O)c2)c1. The Morgan fingerprint density at radius 2 is 2.04 bits per heavy atom. The molecule has 7 nitrogen and oxygen atoms in total. The minimum absolute atomic E-state index is 0.0470. The smallest absolute Gasteiger partial charge is 0.433 e. The molecule has 2 N–H and O–H groups in total. The predicted molar refractivity (Wildman–Crippen MR) is 95.0 cm³/mol. The molecule has 0 radical (unpaired) electrons. The van der Waals surface area contributed by atoms with E-state index in [4.69, 9.17) is 5.11 Å². The molecule has 28 heavy (non-hydrogen) atoms. The summed E-state index contributed by atoms with van der Waals surface area (Å²) < 4.78 is 39.9. The van der Waals surface area contributed by atoms with Gasteiger partial charge in [0.25, 0.3) is 0 Å². The molecule has 3 rings (SSSR count). The van der Waals surface area contributed by atoms with Gasteiger partial charge in [0.1, 0.15) is 5.69 Å². The monoisotopic (exact) mass is 391 g/mol. The van der Waals surface area contributed by atoms with Crippen molar-refractivity contribution in [3.05, 3.63) is 54.1 Å². The molecule has 0 aliphatic rings. The van der Waals surface area contributed by atoms with Crippen LogP contribution in [-0.4, -0.2) is 30.8 Å². The average molecular weight is 391 g/mol. The van der Waals surface area contributed by atoms with Gasteiger partial charge in [-0.3, -0.25) is 9.48 Å². The summed E-state index contributed by atoms with van der Waals surface area (Å²) in [4.78, 5) is 18.0. The van der Waals surface area contributed by atoms with Gasteiger partial charge in [-0.25, -0.2) is 9.97 Å². The van der Waals surface area contributed by atoms with Crippen molar-refractivity contribution in [2.75, 3.05) is 5.32 Å². The Labute approximate surface area is 157 Å². The summed E-state index contributed by atoms with van der Waals surface area (Å²) in [5.41, 5.74) is 1.88. The second-order valence-corrected chi connectivity index (χ2v) is 6.11. The zero-order valence-corrected chi connectivity index (χ0v) is 14.7. The fourth-order valence-electron chi connectivity index (χ4n) is 2.57. The van der Waals surface area contributed by atoms with Crippen molar-refractivity contribution in [2.45, 2.75) is 26.1 Å². The molecule has 2 aromatic heterocycles. The maximum atomic E-state index is 12.8. The molecule has 0 spiro atoms. The second-order valence-electron chi connectivity index (χ2n) is 6.11. The summed E-state index contributed by atoms with van der Waals surface area (Å²) in [6, 6.07) is 6.17. The number of carboxylic acids is 1. The molecule has 0 saturated carbocycles. The topological polar surface area (TPSA) is 92.9 Å². The lowest BCUT2D eigenvalue weighted by Crippen LogP contribution is -2.10. The van der Waals surface area contributed by atoms with E-state index in [0.29, 0.717) is 5.69 Å². The molecule has 1 aromatic carbocycles. The fourth-order valence-corrected chi connectivity index (χ4v) is 2.57. The van der Waals surface area contributed by atoms with Crippen molar-refractivity contribution in [1.82, 2.24) is 19.7 Å². The molecule has 0 fully saturated rings. The van der Waals surface area contributed by atoms with Crippen molar-refractivity contribution in [2.24, 2.45) is 0 Å². The van der Waals surface area contributed by atoms with Crippen LogP contribution in [0.25, 0.3) is 11.1 Å². The summed E-state index contributed by atoms with van der Waals surface area (Å²) in [5, 5.41) is 15.7. The van der Waals surface area contributed by atoms with E-state index in [1.54, 1.807) is 24.5 Å². The van der Waals surface area contributed by atoms with Crippen molar-refractivity contribution in [3.63, 3.8) is 0 Å². The Balaban J connectivity index is 1.83. The van der Waals surface area contributed by atoms with Crippen LogP contribution >= 0.6 is 0 Å². The molecule has 0 atom stereocenters. The fraction of sp³-hybridized carbons (Fsp3) is 0.222. The first kappa shape index (κ1) is 19.3. The molecular weight excluding hydrogens is 375 g/mol. The quantitative estimate of drug-likeness (QED) is 0.662. The van der Waals surface area contributed by atoms with Gasteiger partial charge in [-0.1, -0.05) is 6.07 Å². The first-order chi connectivity index (χ1) is 13.2. The van der Waals surface area contributed by atoms with E-state index >= 15 is 0 Å². The first-order valence-electron chi connectivity index (χ1n) is 8.24. The zero-order chi connectivity index (χ0) is 20.3. The molecule has 10 heteroatoms. The standard InChI is InChI=1S/C18H16F3N5O2/c1-11-6-12(13-9-23-26(10-13)5-3-16(27)28)8-14(7-11)24-17-22-4-2-15(25-17)18(19,20)21/h2,4,6-10H,3,5H2,1H3,(H,27,28)(H,22,24,25). The molecule has 2 heterocycles. The highest BCUT2D eigenvalue weighted by atomic mass is 19.4. The van der Waals surface area contributed by atoms with E-state index in [2.05, 4.69) is 20.4 Å². The number of hydrogen-bond donors (Lipinski definition) is 2. The Morgan fingerprint density at radius 3 is 2.75 bits per heavy atom. The lowest BCUT2D eigenvalue weighted by atomic mass is 10.1. The molecule has 0 saturated heterocycles. The van der Waals surface area contributed by atoms with Crippen LogP contribution < -0.4 is 5.32 Å². The number of rotatable bonds is 6. The third-order valence-electron chi connectivity index (χ3n) is 3.80. The first-order valence-corrected chi connectivity index (χ1v) is 8.24. The van der Waals surface area contributed by atoms with Crippen LogP contribution in [0.15, 0.2) is 42.9 Å². The Kier molecular flexibility index (Phi) is 5.30. The van der Waals surface area contributed by atoms with E-state index in [1.165, 1.54) is 4.68 Å². The molecule has 0 unspecified atom stereocenters. The van der Waals surface area contributed by atoms with Gasteiger partial charge in [0.2, 0.25) is 5.95 Å². The summed E-state index contributed by atoms with van der Waals surface area (Å²) in [6.45, 7) is 2.08. The number of alkyl halides is 3. The highest BCUT2D eigenvalue weighted by Crippen LogP contribution is 2.29. The molecule has 0 bridgehead atoms. The minimum atomic E-state index is -4.55. The number of nitrogens with one attached hydrogen (secondary N) is 1. The van der Waals surface area contributed by atoms with Crippen LogP contribution in [0.2, 0.25) is 0 Å². The maximum Gasteiger partial charge on any atom is 0.433 e. The number of aliphatic carboxylic acids is 1. The summed E-state index contributed by atoms with van der Waals surface area (Å²) in [6.07, 6.45) is -0.249. The predicted octanol–water partition coefficient (Wildman–Crippen LogP) is 3.89. The number of anilines is 2. The molecule has 0 aliphatic carbocycles. The third-order valence-corrected chi connectivity index (χ3v) is 3.80. The molecule has 3 aromatic rings. The molecule has 0 amide bonds. The second kappa shape index (κ2) is 7.67. The normalized spacial score (nSPS) is 11.4. The van der Waals surface area contributed by atoms with Gasteiger partial charge in [-0.2, -0.15) is 18.3 Å².